The van der Waals surface area contributed by atoms with Crippen LogP contribution in [-0.4, -0.2) is 41.0 Å². The van der Waals surface area contributed by atoms with Gasteiger partial charge in [-0.3, -0.25) is 0 Å². The minimum absolute atomic E-state index is 0.0344. The molecule has 0 aliphatic rings. The zero-order valence-corrected chi connectivity index (χ0v) is 9.00. The number of hydrogen-bond donors (Lipinski definition) is 2. The predicted octanol–water partition coefficient (Wildman–Crippen LogP) is 1.15. The maximum Gasteiger partial charge on any atom is 0.0908 e. The van der Waals surface area contributed by atoms with Crippen LogP contribution in [0.1, 0.15) is 26.7 Å². The fraction of sp³-hybridized carbons (Fsp3) is 1.00. The van der Waals surface area contributed by atoms with Gasteiger partial charge in [0.2, 0.25) is 0 Å². The van der Waals surface area contributed by atoms with Crippen molar-refractivity contribution in [2.75, 3.05) is 12.5 Å². The van der Waals surface area contributed by atoms with E-state index < -0.39 is 6.10 Å². The Kier molecular flexibility index (Phi) is 7.66. The first kappa shape index (κ1) is 13.2. The first-order valence-corrected chi connectivity index (χ1v) is 5.17. The summed E-state index contributed by atoms with van der Waals surface area (Å²) in [5, 5.41) is 18.4. The van der Waals surface area contributed by atoms with E-state index in [9.17, 15) is 5.11 Å². The Morgan fingerprint density at radius 1 is 1.31 bits per heavy atom. The Balaban J connectivity index is 3.45. The highest BCUT2D eigenvalue weighted by molar-refractivity contribution is 6.18. The van der Waals surface area contributed by atoms with Crippen molar-refractivity contribution in [3.05, 3.63) is 0 Å². The molecule has 0 fully saturated rings. The van der Waals surface area contributed by atoms with E-state index >= 15 is 0 Å². The SMILES string of the molecule is CCC(O)CC(C)OCC(O)CCl. The molecular formula is C9H19ClO3. The van der Waals surface area contributed by atoms with Crippen molar-refractivity contribution in [2.24, 2.45) is 0 Å². The molecule has 0 amide bonds. The molecule has 3 atom stereocenters. The smallest absolute Gasteiger partial charge is 0.0908 e. The molecule has 3 nitrogen and oxygen atoms in total. The molecule has 4 heteroatoms. The number of aliphatic hydroxyl groups excluding tert-OH is 2. The van der Waals surface area contributed by atoms with Crippen molar-refractivity contribution in [1.29, 1.82) is 0 Å². The Bertz CT molecular complexity index is 121. The third-order valence-electron chi connectivity index (χ3n) is 1.83. The first-order chi connectivity index (χ1) is 6.10. The van der Waals surface area contributed by atoms with Gasteiger partial charge in [0.05, 0.1) is 30.8 Å². The first-order valence-electron chi connectivity index (χ1n) is 4.63. The van der Waals surface area contributed by atoms with Gasteiger partial charge < -0.3 is 14.9 Å². The number of aliphatic hydroxyl groups is 2. The third-order valence-corrected chi connectivity index (χ3v) is 2.18. The highest BCUT2D eigenvalue weighted by atomic mass is 35.5. The van der Waals surface area contributed by atoms with Crippen molar-refractivity contribution >= 4 is 11.6 Å². The molecule has 2 N–H and O–H groups in total. The number of hydrogen-bond acceptors (Lipinski definition) is 3. The summed E-state index contributed by atoms with van der Waals surface area (Å²) in [6, 6.07) is 0. The topological polar surface area (TPSA) is 49.7 Å². The largest absolute Gasteiger partial charge is 0.393 e. The summed E-state index contributed by atoms with van der Waals surface area (Å²) in [4.78, 5) is 0. The lowest BCUT2D eigenvalue weighted by Gasteiger charge is -2.17. The Hall–Kier alpha value is 0.170. The molecule has 0 saturated heterocycles. The predicted molar refractivity (Wildman–Crippen MR) is 53.1 cm³/mol. The van der Waals surface area contributed by atoms with E-state index in [2.05, 4.69) is 0 Å². The third kappa shape index (κ3) is 7.26. The second kappa shape index (κ2) is 7.56. The standard InChI is InChI=1S/C9H19ClO3/c1-3-8(11)4-7(2)13-6-9(12)5-10/h7-9,11-12H,3-6H2,1-2H3. The van der Waals surface area contributed by atoms with Gasteiger partial charge in [-0.2, -0.15) is 0 Å². The Labute approximate surface area is 84.7 Å². The summed E-state index contributed by atoms with van der Waals surface area (Å²) in [6.45, 7) is 4.03. The van der Waals surface area contributed by atoms with Gasteiger partial charge in [-0.15, -0.1) is 11.6 Å². The molecule has 3 unspecified atom stereocenters. The van der Waals surface area contributed by atoms with Crippen molar-refractivity contribution in [3.8, 4) is 0 Å². The van der Waals surface area contributed by atoms with E-state index in [-0.39, 0.29) is 24.7 Å². The second-order valence-electron chi connectivity index (χ2n) is 3.25. The fourth-order valence-corrected chi connectivity index (χ4v) is 1.03. The molecule has 13 heavy (non-hydrogen) atoms. The molecule has 0 saturated carbocycles. The highest BCUT2D eigenvalue weighted by Crippen LogP contribution is 2.05. The van der Waals surface area contributed by atoms with Crippen LogP contribution >= 0.6 is 11.6 Å². The average Bonchev–Trinajstić information content (AvgIpc) is 2.13. The maximum absolute atomic E-state index is 9.28. The van der Waals surface area contributed by atoms with Gasteiger partial charge in [0.25, 0.3) is 0 Å². The fourth-order valence-electron chi connectivity index (χ4n) is 0.938. The van der Waals surface area contributed by atoms with Gasteiger partial charge in [0.1, 0.15) is 0 Å². The van der Waals surface area contributed by atoms with E-state index in [1.165, 1.54) is 0 Å². The zero-order chi connectivity index (χ0) is 10.3. The minimum atomic E-state index is -0.608. The lowest BCUT2D eigenvalue weighted by atomic mass is 10.1. The van der Waals surface area contributed by atoms with Gasteiger partial charge in [-0.25, -0.2) is 0 Å². The second-order valence-corrected chi connectivity index (χ2v) is 3.56. The monoisotopic (exact) mass is 210 g/mol. The van der Waals surface area contributed by atoms with E-state index in [4.69, 9.17) is 21.4 Å². The van der Waals surface area contributed by atoms with Crippen LogP contribution in [0.3, 0.4) is 0 Å². The highest BCUT2D eigenvalue weighted by Gasteiger charge is 2.10. The number of alkyl halides is 1. The summed E-state index contributed by atoms with van der Waals surface area (Å²) in [6.07, 6.45) is 0.371. The number of rotatable bonds is 7. The van der Waals surface area contributed by atoms with E-state index in [1.54, 1.807) is 0 Å². The quantitative estimate of drug-likeness (QED) is 0.620. The summed E-state index contributed by atoms with van der Waals surface area (Å²) >= 11 is 5.39. The van der Waals surface area contributed by atoms with Crippen molar-refractivity contribution in [3.63, 3.8) is 0 Å². The molecule has 0 heterocycles. The molecule has 0 radical (unpaired) electrons. The maximum atomic E-state index is 9.28. The van der Waals surface area contributed by atoms with E-state index in [1.807, 2.05) is 13.8 Å². The zero-order valence-electron chi connectivity index (χ0n) is 8.24. The number of halogens is 1. The van der Waals surface area contributed by atoms with Crippen LogP contribution in [0.25, 0.3) is 0 Å². The summed E-state index contributed by atoms with van der Waals surface area (Å²) in [5.74, 6) is 0.184. The van der Waals surface area contributed by atoms with Crippen molar-refractivity contribution in [2.45, 2.75) is 45.0 Å². The van der Waals surface area contributed by atoms with Crippen LogP contribution in [-0.2, 0) is 4.74 Å². The van der Waals surface area contributed by atoms with Gasteiger partial charge in [-0.05, 0) is 19.8 Å². The van der Waals surface area contributed by atoms with Crippen molar-refractivity contribution < 1.29 is 14.9 Å². The summed E-state index contributed by atoms with van der Waals surface area (Å²) in [5.41, 5.74) is 0. The molecule has 0 aliphatic carbocycles. The average molecular weight is 211 g/mol. The van der Waals surface area contributed by atoms with Crippen LogP contribution in [0.4, 0.5) is 0 Å². The van der Waals surface area contributed by atoms with E-state index in [0.717, 1.165) is 6.42 Å². The Morgan fingerprint density at radius 3 is 2.38 bits per heavy atom. The summed E-state index contributed by atoms with van der Waals surface area (Å²) < 4.78 is 5.27. The van der Waals surface area contributed by atoms with Crippen LogP contribution in [0.15, 0.2) is 0 Å². The normalized spacial score (nSPS) is 18.2. The minimum Gasteiger partial charge on any atom is -0.393 e. The lowest BCUT2D eigenvalue weighted by molar-refractivity contribution is -0.0156. The van der Waals surface area contributed by atoms with Crippen LogP contribution in [0.5, 0.6) is 0 Å². The van der Waals surface area contributed by atoms with E-state index in [0.29, 0.717) is 6.42 Å². The van der Waals surface area contributed by atoms with Gasteiger partial charge in [-0.1, -0.05) is 6.92 Å². The van der Waals surface area contributed by atoms with Gasteiger partial charge in [0, 0.05) is 0 Å². The number of ether oxygens (including phenoxy) is 1. The molecule has 0 bridgehead atoms. The van der Waals surface area contributed by atoms with Crippen LogP contribution < -0.4 is 0 Å². The van der Waals surface area contributed by atoms with Crippen LogP contribution in [0.2, 0.25) is 0 Å². The Morgan fingerprint density at radius 2 is 1.92 bits per heavy atom. The molecule has 0 aromatic carbocycles. The molecular weight excluding hydrogens is 192 g/mol. The van der Waals surface area contributed by atoms with Gasteiger partial charge >= 0.3 is 0 Å². The molecule has 0 aromatic rings. The molecule has 0 aromatic heterocycles. The molecule has 0 spiro atoms. The lowest BCUT2D eigenvalue weighted by Crippen LogP contribution is -2.24. The van der Waals surface area contributed by atoms with Crippen molar-refractivity contribution in [1.82, 2.24) is 0 Å². The molecule has 80 valence electrons. The molecule has 0 aliphatic heterocycles. The van der Waals surface area contributed by atoms with Crippen LogP contribution in [0, 0.1) is 0 Å². The molecule has 0 rings (SSSR count). The van der Waals surface area contributed by atoms with Gasteiger partial charge in [0.15, 0.2) is 0 Å². The summed E-state index contributed by atoms with van der Waals surface area (Å²) in [7, 11) is 0.